The quantitative estimate of drug-likeness (QED) is 0.745. The zero-order valence-electron chi connectivity index (χ0n) is 8.35. The summed E-state index contributed by atoms with van der Waals surface area (Å²) in [5.74, 6) is 0. The summed E-state index contributed by atoms with van der Waals surface area (Å²) < 4.78 is 37.3. The lowest BCUT2D eigenvalue weighted by atomic mass is 10.1. The van der Waals surface area contributed by atoms with Crippen molar-refractivity contribution in [3.05, 3.63) is 35.0 Å². The molecule has 1 N–H and O–H groups in total. The molecule has 16 heavy (non-hydrogen) atoms. The van der Waals surface area contributed by atoms with Crippen LogP contribution in [0.1, 0.15) is 21.6 Å². The van der Waals surface area contributed by atoms with Crippen molar-refractivity contribution in [3.8, 4) is 0 Å². The number of fused-ring (bicyclic) bond motifs is 1. The van der Waals surface area contributed by atoms with E-state index in [1.807, 2.05) is 0 Å². The second-order valence-electron chi connectivity index (χ2n) is 3.54. The Morgan fingerprint density at radius 2 is 2.00 bits per heavy atom. The summed E-state index contributed by atoms with van der Waals surface area (Å²) in [6, 6.07) is 3.29. The molecule has 0 radical (unpaired) electrons. The van der Waals surface area contributed by atoms with Gasteiger partial charge in [-0.05, 0) is 19.1 Å². The fraction of sp³-hybridized carbons (Fsp3) is 0.182. The Morgan fingerprint density at radius 1 is 1.31 bits per heavy atom. The molecule has 0 saturated carbocycles. The number of carbonyl (C=O) groups is 1. The van der Waals surface area contributed by atoms with E-state index in [-0.39, 0.29) is 0 Å². The highest BCUT2D eigenvalue weighted by atomic mass is 19.4. The number of hydrogen-bond donors (Lipinski definition) is 1. The highest BCUT2D eigenvalue weighted by Crippen LogP contribution is 2.32. The van der Waals surface area contributed by atoms with Crippen molar-refractivity contribution in [2.75, 3.05) is 0 Å². The smallest absolute Gasteiger partial charge is 0.358 e. The summed E-state index contributed by atoms with van der Waals surface area (Å²) in [6.07, 6.45) is -3.73. The Labute approximate surface area is 89.1 Å². The van der Waals surface area contributed by atoms with Crippen LogP contribution in [0.5, 0.6) is 0 Å². The second-order valence-corrected chi connectivity index (χ2v) is 3.54. The first-order valence-electron chi connectivity index (χ1n) is 4.58. The van der Waals surface area contributed by atoms with E-state index in [2.05, 4.69) is 4.98 Å². The van der Waals surface area contributed by atoms with E-state index in [0.29, 0.717) is 28.4 Å². The Morgan fingerprint density at radius 3 is 2.56 bits per heavy atom. The van der Waals surface area contributed by atoms with E-state index in [4.69, 9.17) is 0 Å². The summed E-state index contributed by atoms with van der Waals surface area (Å²) in [5.41, 5.74) is 0.584. The van der Waals surface area contributed by atoms with Crippen LogP contribution in [-0.2, 0) is 6.18 Å². The van der Waals surface area contributed by atoms with Gasteiger partial charge in [-0.3, -0.25) is 4.79 Å². The van der Waals surface area contributed by atoms with E-state index in [9.17, 15) is 18.0 Å². The molecule has 1 heterocycles. The third-order valence-corrected chi connectivity index (χ3v) is 2.48. The van der Waals surface area contributed by atoms with Gasteiger partial charge < -0.3 is 4.98 Å². The number of halogens is 3. The Hall–Kier alpha value is -1.78. The molecule has 1 aromatic heterocycles. The van der Waals surface area contributed by atoms with Gasteiger partial charge in [-0.25, -0.2) is 0 Å². The Balaban J connectivity index is 2.69. The summed E-state index contributed by atoms with van der Waals surface area (Å²) in [5, 5.41) is 0.514. The van der Waals surface area contributed by atoms with Gasteiger partial charge in [0, 0.05) is 22.2 Å². The van der Waals surface area contributed by atoms with Gasteiger partial charge in [0.1, 0.15) is 0 Å². The molecular weight excluding hydrogens is 219 g/mol. The summed E-state index contributed by atoms with van der Waals surface area (Å²) in [4.78, 5) is 13.5. The van der Waals surface area contributed by atoms with Crippen molar-refractivity contribution in [1.29, 1.82) is 0 Å². The largest absolute Gasteiger partial charge is 0.416 e. The molecule has 0 unspecified atom stereocenters. The first-order chi connectivity index (χ1) is 7.43. The number of aryl methyl sites for hydroxylation is 1. The minimum absolute atomic E-state index is 0.328. The third kappa shape index (κ3) is 1.58. The number of alkyl halides is 3. The van der Waals surface area contributed by atoms with E-state index in [1.165, 1.54) is 6.07 Å². The second kappa shape index (κ2) is 3.37. The minimum atomic E-state index is -4.37. The number of aromatic amines is 1. The van der Waals surface area contributed by atoms with E-state index < -0.39 is 11.7 Å². The van der Waals surface area contributed by atoms with Crippen molar-refractivity contribution in [3.63, 3.8) is 0 Å². The van der Waals surface area contributed by atoms with Crippen LogP contribution in [0, 0.1) is 6.92 Å². The Kier molecular flexibility index (Phi) is 2.26. The molecule has 0 spiro atoms. The molecule has 0 amide bonds. The number of nitrogens with one attached hydrogen (secondary N) is 1. The molecule has 2 nitrogen and oxygen atoms in total. The lowest BCUT2D eigenvalue weighted by molar-refractivity contribution is -0.137. The molecule has 5 heteroatoms. The zero-order valence-corrected chi connectivity index (χ0v) is 8.35. The monoisotopic (exact) mass is 227 g/mol. The molecule has 2 rings (SSSR count). The predicted molar refractivity (Wildman–Crippen MR) is 53.4 cm³/mol. The average Bonchev–Trinajstić information content (AvgIpc) is 2.50. The van der Waals surface area contributed by atoms with E-state index in [1.54, 1.807) is 6.92 Å². The molecular formula is C11H8F3NO. The molecule has 0 atom stereocenters. The van der Waals surface area contributed by atoms with Crippen molar-refractivity contribution in [2.45, 2.75) is 13.1 Å². The fourth-order valence-corrected chi connectivity index (χ4v) is 1.68. The number of carbonyl (C=O) groups excluding carboxylic acids is 1. The maximum absolute atomic E-state index is 12.4. The van der Waals surface area contributed by atoms with E-state index in [0.717, 1.165) is 12.1 Å². The summed E-state index contributed by atoms with van der Waals surface area (Å²) in [6.45, 7) is 1.65. The molecule has 84 valence electrons. The maximum Gasteiger partial charge on any atom is 0.416 e. The molecule has 0 aliphatic carbocycles. The van der Waals surface area contributed by atoms with Crippen LogP contribution in [0.15, 0.2) is 18.2 Å². The molecule has 0 aliphatic heterocycles. The average molecular weight is 227 g/mol. The fourth-order valence-electron chi connectivity index (χ4n) is 1.68. The van der Waals surface area contributed by atoms with Crippen LogP contribution in [0.4, 0.5) is 13.2 Å². The first kappa shape index (κ1) is 10.7. The normalized spacial score (nSPS) is 12.0. The van der Waals surface area contributed by atoms with Crippen LogP contribution in [-0.4, -0.2) is 11.3 Å². The number of hydrogen-bond acceptors (Lipinski definition) is 1. The van der Waals surface area contributed by atoms with Crippen LogP contribution in [0.3, 0.4) is 0 Å². The molecule has 0 fully saturated rings. The topological polar surface area (TPSA) is 32.9 Å². The summed E-state index contributed by atoms with van der Waals surface area (Å²) in [7, 11) is 0. The molecule has 0 aliphatic rings. The van der Waals surface area contributed by atoms with Gasteiger partial charge in [-0.15, -0.1) is 0 Å². The van der Waals surface area contributed by atoms with Gasteiger partial charge >= 0.3 is 6.18 Å². The van der Waals surface area contributed by atoms with Gasteiger partial charge in [0.25, 0.3) is 0 Å². The van der Waals surface area contributed by atoms with Crippen molar-refractivity contribution in [2.24, 2.45) is 0 Å². The van der Waals surface area contributed by atoms with Crippen molar-refractivity contribution in [1.82, 2.24) is 4.98 Å². The third-order valence-electron chi connectivity index (χ3n) is 2.48. The zero-order chi connectivity index (χ0) is 11.9. The van der Waals surface area contributed by atoms with Crippen LogP contribution < -0.4 is 0 Å². The lowest BCUT2D eigenvalue weighted by Gasteiger charge is -2.05. The highest BCUT2D eigenvalue weighted by molar-refractivity contribution is 5.99. The predicted octanol–water partition coefficient (Wildman–Crippen LogP) is 3.31. The molecule has 1 aromatic carbocycles. The molecule has 2 aromatic rings. The Bertz CT molecular complexity index is 554. The molecule has 0 bridgehead atoms. The summed E-state index contributed by atoms with van der Waals surface area (Å²) >= 11 is 0. The van der Waals surface area contributed by atoms with Crippen molar-refractivity contribution < 1.29 is 18.0 Å². The minimum Gasteiger partial charge on any atom is -0.358 e. The molecule has 0 saturated heterocycles. The van der Waals surface area contributed by atoms with Gasteiger partial charge in [0.2, 0.25) is 0 Å². The standard InChI is InChI=1S/C11H8F3NO/c1-6-9(5-16)8-3-2-7(11(12,13)14)4-10(8)15-6/h2-5,15H,1H3. The van der Waals surface area contributed by atoms with Crippen molar-refractivity contribution >= 4 is 17.2 Å². The van der Waals surface area contributed by atoms with E-state index >= 15 is 0 Å². The van der Waals surface area contributed by atoms with Crippen LogP contribution in [0.25, 0.3) is 10.9 Å². The van der Waals surface area contributed by atoms with Gasteiger partial charge in [0.15, 0.2) is 6.29 Å². The number of aldehydes is 1. The number of aromatic nitrogens is 1. The highest BCUT2D eigenvalue weighted by Gasteiger charge is 2.30. The van der Waals surface area contributed by atoms with Gasteiger partial charge in [-0.1, -0.05) is 6.07 Å². The SMILES string of the molecule is Cc1[nH]c2cc(C(F)(F)F)ccc2c1C=O. The number of H-pyrrole nitrogens is 1. The number of benzene rings is 1. The van der Waals surface area contributed by atoms with Crippen LogP contribution in [0.2, 0.25) is 0 Å². The van der Waals surface area contributed by atoms with Gasteiger partial charge in [0.05, 0.1) is 5.56 Å². The maximum atomic E-state index is 12.4. The number of rotatable bonds is 1. The first-order valence-corrected chi connectivity index (χ1v) is 4.58. The lowest BCUT2D eigenvalue weighted by Crippen LogP contribution is -2.04. The van der Waals surface area contributed by atoms with Gasteiger partial charge in [-0.2, -0.15) is 13.2 Å². The van der Waals surface area contributed by atoms with Crippen LogP contribution >= 0.6 is 0 Å².